The molecular formula is C10H18N4O6. The fourth-order valence-corrected chi connectivity index (χ4v) is 1.24. The number of aldehydes is 1. The van der Waals surface area contributed by atoms with Crippen LogP contribution in [0, 0.1) is 0 Å². The van der Waals surface area contributed by atoms with Crippen LogP contribution in [0.15, 0.2) is 0 Å². The second kappa shape index (κ2) is 8.82. The van der Waals surface area contributed by atoms with Crippen LogP contribution in [0.25, 0.3) is 0 Å². The molecule has 114 valence electrons. The number of carbonyl (C=O) groups excluding carboxylic acids is 2. The molecule has 0 aliphatic heterocycles. The first-order chi connectivity index (χ1) is 9.26. The van der Waals surface area contributed by atoms with Gasteiger partial charge >= 0.3 is 12.2 Å². The molecule has 0 aliphatic carbocycles. The highest BCUT2D eigenvalue weighted by Gasteiger charge is 2.20. The topological polar surface area (TPSA) is 157 Å². The van der Waals surface area contributed by atoms with E-state index in [2.05, 4.69) is 16.0 Å². The zero-order valence-electron chi connectivity index (χ0n) is 11.0. The number of carbonyl (C=O) groups is 4. The molecule has 0 aromatic rings. The van der Waals surface area contributed by atoms with Crippen LogP contribution < -0.4 is 21.3 Å². The fraction of sp³-hybridized carbons (Fsp3) is 0.600. The lowest BCUT2D eigenvalue weighted by atomic mass is 10.3. The lowest BCUT2D eigenvalue weighted by Crippen LogP contribution is -2.58. The Hall–Kier alpha value is -2.20. The van der Waals surface area contributed by atoms with Crippen molar-refractivity contribution in [3.05, 3.63) is 0 Å². The average Bonchev–Trinajstić information content (AvgIpc) is 2.33. The van der Waals surface area contributed by atoms with Gasteiger partial charge in [0.25, 0.3) is 0 Å². The van der Waals surface area contributed by atoms with E-state index >= 15 is 0 Å². The molecule has 0 radical (unpaired) electrons. The second-order valence-electron chi connectivity index (χ2n) is 4.02. The Morgan fingerprint density at radius 1 is 1.15 bits per heavy atom. The maximum Gasteiger partial charge on any atom is 0.411 e. The molecule has 0 aromatic heterocycles. The van der Waals surface area contributed by atoms with E-state index < -0.39 is 36.3 Å². The summed E-state index contributed by atoms with van der Waals surface area (Å²) in [7, 11) is 0. The van der Waals surface area contributed by atoms with E-state index in [1.807, 2.05) is 0 Å². The Kier molecular flexibility index (Phi) is 7.85. The standard InChI is InChI=1S/C10H18N4O6/c1-5(4-15)11-3-7(13-9(17)18)12-6(2)8(16)14-10(19)20/h4-7,11-13H,3H2,1-2H3,(H,14,16)(H,17,18)(H,19,20)/t5?,6-,7?/m0/s1. The van der Waals surface area contributed by atoms with E-state index in [1.165, 1.54) is 6.92 Å². The third-order valence-corrected chi connectivity index (χ3v) is 2.22. The molecule has 3 atom stereocenters. The third kappa shape index (κ3) is 8.00. The molecular weight excluding hydrogens is 272 g/mol. The minimum atomic E-state index is -1.50. The van der Waals surface area contributed by atoms with Crippen LogP contribution in [0.2, 0.25) is 0 Å². The van der Waals surface area contributed by atoms with Gasteiger partial charge in [-0.1, -0.05) is 0 Å². The summed E-state index contributed by atoms with van der Waals surface area (Å²) >= 11 is 0. The van der Waals surface area contributed by atoms with E-state index in [-0.39, 0.29) is 6.54 Å². The summed E-state index contributed by atoms with van der Waals surface area (Å²) in [5.41, 5.74) is 0. The number of nitrogens with one attached hydrogen (secondary N) is 4. The number of hydrogen-bond acceptors (Lipinski definition) is 6. The molecule has 10 nitrogen and oxygen atoms in total. The Bertz CT molecular complexity index is 375. The third-order valence-electron chi connectivity index (χ3n) is 2.22. The van der Waals surface area contributed by atoms with E-state index in [4.69, 9.17) is 10.2 Å². The van der Waals surface area contributed by atoms with Crippen LogP contribution >= 0.6 is 0 Å². The van der Waals surface area contributed by atoms with Gasteiger partial charge in [0.05, 0.1) is 18.2 Å². The first kappa shape index (κ1) is 17.8. The smallest absolute Gasteiger partial charge is 0.411 e. The number of rotatable bonds is 8. The van der Waals surface area contributed by atoms with Crippen LogP contribution in [0.5, 0.6) is 0 Å². The first-order valence-corrected chi connectivity index (χ1v) is 5.74. The second-order valence-corrected chi connectivity index (χ2v) is 4.02. The Labute approximate surface area is 114 Å². The quantitative estimate of drug-likeness (QED) is 0.233. The summed E-state index contributed by atoms with van der Waals surface area (Å²) in [5, 5.41) is 26.1. The SMILES string of the molecule is CC(C=O)NCC(NC(=O)O)N[C@@H](C)C(=O)NC(=O)O. The van der Waals surface area contributed by atoms with E-state index in [9.17, 15) is 19.2 Å². The van der Waals surface area contributed by atoms with Crippen LogP contribution in [-0.2, 0) is 9.59 Å². The molecule has 2 unspecified atom stereocenters. The molecule has 0 fully saturated rings. The normalized spacial score (nSPS) is 14.7. The fourth-order valence-electron chi connectivity index (χ4n) is 1.24. The van der Waals surface area contributed by atoms with Crippen LogP contribution in [0.4, 0.5) is 9.59 Å². The van der Waals surface area contributed by atoms with Gasteiger partial charge in [-0.2, -0.15) is 0 Å². The minimum absolute atomic E-state index is 0.0386. The van der Waals surface area contributed by atoms with Crippen molar-refractivity contribution in [1.29, 1.82) is 0 Å². The predicted molar refractivity (Wildman–Crippen MR) is 67.2 cm³/mol. The average molecular weight is 290 g/mol. The number of carboxylic acid groups (broad SMARTS) is 2. The number of hydrogen-bond donors (Lipinski definition) is 6. The van der Waals surface area contributed by atoms with Crippen molar-refractivity contribution in [3.63, 3.8) is 0 Å². The van der Waals surface area contributed by atoms with Crippen molar-refractivity contribution in [2.75, 3.05) is 6.54 Å². The van der Waals surface area contributed by atoms with Gasteiger partial charge in [0.2, 0.25) is 5.91 Å². The maximum absolute atomic E-state index is 11.4. The molecule has 3 amide bonds. The summed E-state index contributed by atoms with van der Waals surface area (Å²) in [5.74, 6) is -0.821. The van der Waals surface area contributed by atoms with Gasteiger partial charge in [-0.15, -0.1) is 0 Å². The summed E-state index contributed by atoms with van der Waals surface area (Å²) < 4.78 is 0. The Morgan fingerprint density at radius 2 is 1.75 bits per heavy atom. The molecule has 0 saturated heterocycles. The van der Waals surface area contributed by atoms with Crippen molar-refractivity contribution < 1.29 is 29.4 Å². The predicted octanol–water partition coefficient (Wildman–Crippen LogP) is -1.47. The van der Waals surface area contributed by atoms with Gasteiger partial charge in [-0.3, -0.25) is 15.4 Å². The Balaban J connectivity index is 4.46. The largest absolute Gasteiger partial charge is 0.465 e. The first-order valence-electron chi connectivity index (χ1n) is 5.74. The summed E-state index contributed by atoms with van der Waals surface area (Å²) in [6, 6.07) is -1.44. The van der Waals surface area contributed by atoms with Crippen LogP contribution in [0.1, 0.15) is 13.8 Å². The summed E-state index contributed by atoms with van der Waals surface area (Å²) in [6.45, 7) is 2.99. The van der Waals surface area contributed by atoms with Crippen molar-refractivity contribution in [2.24, 2.45) is 0 Å². The van der Waals surface area contributed by atoms with Crippen molar-refractivity contribution >= 4 is 24.4 Å². The minimum Gasteiger partial charge on any atom is -0.465 e. The summed E-state index contributed by atoms with van der Waals surface area (Å²) in [6.07, 6.45) is -3.06. The monoisotopic (exact) mass is 290 g/mol. The molecule has 0 aliphatic rings. The lowest BCUT2D eigenvalue weighted by molar-refractivity contribution is -0.122. The zero-order chi connectivity index (χ0) is 15.7. The van der Waals surface area contributed by atoms with Gasteiger partial charge in [-0.05, 0) is 13.8 Å². The highest BCUT2D eigenvalue weighted by molar-refractivity contribution is 5.93. The van der Waals surface area contributed by atoms with Crippen molar-refractivity contribution in [3.8, 4) is 0 Å². The highest BCUT2D eigenvalue weighted by Crippen LogP contribution is 1.88. The number of imide groups is 1. The molecule has 10 heteroatoms. The molecule has 0 saturated carbocycles. The summed E-state index contributed by atoms with van der Waals surface area (Å²) in [4.78, 5) is 42.7. The van der Waals surface area contributed by atoms with Gasteiger partial charge in [-0.25, -0.2) is 9.59 Å². The molecule has 0 bridgehead atoms. The maximum atomic E-state index is 11.4. The molecule has 20 heavy (non-hydrogen) atoms. The van der Waals surface area contributed by atoms with Crippen LogP contribution in [-0.4, -0.2) is 59.4 Å². The number of amides is 3. The van der Waals surface area contributed by atoms with E-state index in [0.29, 0.717) is 6.29 Å². The van der Waals surface area contributed by atoms with Crippen LogP contribution in [0.3, 0.4) is 0 Å². The molecule has 0 rings (SSSR count). The van der Waals surface area contributed by atoms with Gasteiger partial charge in [0.15, 0.2) is 0 Å². The molecule has 0 heterocycles. The van der Waals surface area contributed by atoms with Gasteiger partial charge in [0.1, 0.15) is 6.29 Å². The highest BCUT2D eigenvalue weighted by atomic mass is 16.4. The molecule has 0 aromatic carbocycles. The zero-order valence-corrected chi connectivity index (χ0v) is 11.0. The molecule has 0 spiro atoms. The lowest BCUT2D eigenvalue weighted by Gasteiger charge is -2.23. The Morgan fingerprint density at radius 3 is 2.20 bits per heavy atom. The van der Waals surface area contributed by atoms with Crippen molar-refractivity contribution in [1.82, 2.24) is 21.3 Å². The van der Waals surface area contributed by atoms with E-state index in [0.717, 1.165) is 0 Å². The molecule has 6 N–H and O–H groups in total. The van der Waals surface area contributed by atoms with E-state index in [1.54, 1.807) is 12.2 Å². The van der Waals surface area contributed by atoms with Gasteiger partial charge in [0, 0.05) is 6.54 Å². The van der Waals surface area contributed by atoms with Gasteiger partial charge < -0.3 is 25.6 Å². The van der Waals surface area contributed by atoms with Crippen molar-refractivity contribution in [2.45, 2.75) is 32.1 Å².